The molecule has 100 valence electrons. The van der Waals surface area contributed by atoms with Crippen molar-refractivity contribution in [2.24, 2.45) is 5.41 Å². The van der Waals surface area contributed by atoms with Crippen molar-refractivity contribution in [1.82, 2.24) is 4.98 Å². The van der Waals surface area contributed by atoms with Gasteiger partial charge >= 0.3 is 0 Å². The number of nitrogens with zero attached hydrogens (tertiary/aromatic N) is 1. The first-order valence-corrected chi connectivity index (χ1v) is 6.76. The standard InChI is InChI=1S/C17H22N2/c1-17(2,3)12-16(14-8-5-4-6-9-14)19-15-10-7-11-18-13-15/h4-11,13,16,19H,12H2,1-3H3. The van der Waals surface area contributed by atoms with E-state index in [1.165, 1.54) is 5.56 Å². The maximum atomic E-state index is 4.17. The lowest BCUT2D eigenvalue weighted by Gasteiger charge is -2.28. The van der Waals surface area contributed by atoms with Crippen molar-refractivity contribution >= 4 is 5.69 Å². The zero-order valence-corrected chi connectivity index (χ0v) is 11.9. The first kappa shape index (κ1) is 13.6. The molecule has 0 saturated heterocycles. The van der Waals surface area contributed by atoms with E-state index in [4.69, 9.17) is 0 Å². The molecule has 0 aliphatic carbocycles. The van der Waals surface area contributed by atoms with Gasteiger partial charge < -0.3 is 5.32 Å². The van der Waals surface area contributed by atoms with Crippen molar-refractivity contribution in [1.29, 1.82) is 0 Å². The Bertz CT molecular complexity index is 486. The molecule has 0 amide bonds. The highest BCUT2D eigenvalue weighted by Gasteiger charge is 2.20. The molecule has 1 unspecified atom stereocenters. The van der Waals surface area contributed by atoms with Crippen molar-refractivity contribution in [2.75, 3.05) is 5.32 Å². The van der Waals surface area contributed by atoms with Gasteiger partial charge in [-0.1, -0.05) is 51.1 Å². The Balaban J connectivity index is 2.20. The van der Waals surface area contributed by atoms with Crippen LogP contribution in [-0.4, -0.2) is 4.98 Å². The summed E-state index contributed by atoms with van der Waals surface area (Å²) in [5.41, 5.74) is 2.66. The van der Waals surface area contributed by atoms with Crippen LogP contribution in [0.5, 0.6) is 0 Å². The van der Waals surface area contributed by atoms with Crippen molar-refractivity contribution in [3.05, 3.63) is 60.4 Å². The number of aromatic nitrogens is 1. The molecule has 1 aromatic heterocycles. The number of hydrogen-bond acceptors (Lipinski definition) is 2. The fourth-order valence-electron chi connectivity index (χ4n) is 2.20. The molecule has 0 fully saturated rings. The normalized spacial score (nSPS) is 13.0. The highest BCUT2D eigenvalue weighted by Crippen LogP contribution is 2.31. The number of anilines is 1. The molecule has 0 spiro atoms. The molecule has 0 aliphatic rings. The number of benzene rings is 1. The molecule has 0 radical (unpaired) electrons. The lowest BCUT2D eigenvalue weighted by Crippen LogP contribution is -2.18. The Morgan fingerprint density at radius 2 is 1.79 bits per heavy atom. The third-order valence-corrected chi connectivity index (χ3v) is 3.02. The lowest BCUT2D eigenvalue weighted by molar-refractivity contribution is 0.352. The van der Waals surface area contributed by atoms with Crippen LogP contribution in [0.25, 0.3) is 0 Å². The van der Waals surface area contributed by atoms with Crippen LogP contribution >= 0.6 is 0 Å². The van der Waals surface area contributed by atoms with Crippen LogP contribution in [0, 0.1) is 5.41 Å². The summed E-state index contributed by atoms with van der Waals surface area (Å²) < 4.78 is 0. The van der Waals surface area contributed by atoms with Crippen LogP contribution in [0.15, 0.2) is 54.9 Å². The molecule has 2 aromatic rings. The summed E-state index contributed by atoms with van der Waals surface area (Å²) in [7, 11) is 0. The minimum Gasteiger partial charge on any atom is -0.377 e. The highest BCUT2D eigenvalue weighted by atomic mass is 14.9. The zero-order chi connectivity index (χ0) is 13.7. The average Bonchev–Trinajstić information content (AvgIpc) is 2.39. The van der Waals surface area contributed by atoms with Crippen molar-refractivity contribution in [2.45, 2.75) is 33.2 Å². The minimum atomic E-state index is 0.274. The van der Waals surface area contributed by atoms with Gasteiger partial charge in [0.2, 0.25) is 0 Å². The van der Waals surface area contributed by atoms with Gasteiger partial charge in [0.25, 0.3) is 0 Å². The van der Waals surface area contributed by atoms with Gasteiger partial charge in [0, 0.05) is 12.4 Å². The summed E-state index contributed by atoms with van der Waals surface area (Å²) in [5, 5.41) is 3.59. The molecule has 2 rings (SSSR count). The van der Waals surface area contributed by atoms with E-state index in [0.29, 0.717) is 6.04 Å². The molecule has 2 heteroatoms. The van der Waals surface area contributed by atoms with E-state index < -0.39 is 0 Å². The third kappa shape index (κ3) is 4.40. The Hall–Kier alpha value is -1.83. The largest absolute Gasteiger partial charge is 0.377 e. The Kier molecular flexibility index (Phi) is 4.20. The summed E-state index contributed by atoms with van der Waals surface area (Å²) in [6.07, 6.45) is 4.75. The summed E-state index contributed by atoms with van der Waals surface area (Å²) in [6, 6.07) is 14.9. The van der Waals surface area contributed by atoms with Gasteiger partial charge in [0.05, 0.1) is 11.7 Å². The second kappa shape index (κ2) is 5.87. The third-order valence-electron chi connectivity index (χ3n) is 3.02. The molecular formula is C17H22N2. The molecule has 1 aromatic carbocycles. The maximum absolute atomic E-state index is 4.17. The Morgan fingerprint density at radius 3 is 2.37 bits per heavy atom. The maximum Gasteiger partial charge on any atom is 0.0531 e. The summed E-state index contributed by atoms with van der Waals surface area (Å²) in [5.74, 6) is 0. The van der Waals surface area contributed by atoms with Gasteiger partial charge in [-0.05, 0) is 29.5 Å². The first-order chi connectivity index (χ1) is 9.04. The van der Waals surface area contributed by atoms with Crippen LogP contribution < -0.4 is 5.32 Å². The average molecular weight is 254 g/mol. The monoisotopic (exact) mass is 254 g/mol. The van der Waals surface area contributed by atoms with E-state index in [1.54, 1.807) is 6.20 Å². The van der Waals surface area contributed by atoms with E-state index >= 15 is 0 Å². The molecule has 0 bridgehead atoms. The quantitative estimate of drug-likeness (QED) is 0.857. The Morgan fingerprint density at radius 1 is 1.05 bits per heavy atom. The van der Waals surface area contributed by atoms with Gasteiger partial charge in [-0.2, -0.15) is 0 Å². The SMILES string of the molecule is CC(C)(C)CC(Nc1cccnc1)c1ccccc1. The second-order valence-corrected chi connectivity index (χ2v) is 6.11. The highest BCUT2D eigenvalue weighted by molar-refractivity contribution is 5.43. The zero-order valence-electron chi connectivity index (χ0n) is 11.9. The van der Waals surface area contributed by atoms with E-state index in [9.17, 15) is 0 Å². The van der Waals surface area contributed by atoms with Crippen molar-refractivity contribution in [3.8, 4) is 0 Å². The van der Waals surface area contributed by atoms with Crippen LogP contribution in [0.2, 0.25) is 0 Å². The minimum absolute atomic E-state index is 0.274. The molecule has 1 heterocycles. The van der Waals surface area contributed by atoms with E-state index in [2.05, 4.69) is 67.5 Å². The van der Waals surface area contributed by atoms with Gasteiger partial charge in [0.1, 0.15) is 0 Å². The summed E-state index contributed by atoms with van der Waals surface area (Å²) in [4.78, 5) is 4.17. The van der Waals surface area contributed by atoms with Crippen LogP contribution in [0.1, 0.15) is 38.8 Å². The van der Waals surface area contributed by atoms with Crippen LogP contribution in [0.3, 0.4) is 0 Å². The predicted octanol–water partition coefficient (Wildman–Crippen LogP) is 4.67. The predicted molar refractivity (Wildman–Crippen MR) is 81.1 cm³/mol. The van der Waals surface area contributed by atoms with Crippen LogP contribution in [-0.2, 0) is 0 Å². The molecular weight excluding hydrogens is 232 g/mol. The molecule has 1 atom stereocenters. The molecule has 2 nitrogen and oxygen atoms in total. The fourth-order valence-corrected chi connectivity index (χ4v) is 2.20. The van der Waals surface area contributed by atoms with Gasteiger partial charge in [-0.25, -0.2) is 0 Å². The van der Waals surface area contributed by atoms with E-state index in [-0.39, 0.29) is 5.41 Å². The molecule has 0 aliphatic heterocycles. The fraction of sp³-hybridized carbons (Fsp3) is 0.353. The van der Waals surface area contributed by atoms with E-state index in [1.807, 2.05) is 12.3 Å². The summed E-state index contributed by atoms with van der Waals surface area (Å²) >= 11 is 0. The summed E-state index contributed by atoms with van der Waals surface area (Å²) in [6.45, 7) is 6.82. The lowest BCUT2D eigenvalue weighted by atomic mass is 9.85. The first-order valence-electron chi connectivity index (χ1n) is 6.76. The number of hydrogen-bond donors (Lipinski definition) is 1. The second-order valence-electron chi connectivity index (χ2n) is 6.11. The van der Waals surface area contributed by atoms with Gasteiger partial charge in [-0.3, -0.25) is 4.98 Å². The number of nitrogens with one attached hydrogen (secondary N) is 1. The number of pyridine rings is 1. The van der Waals surface area contributed by atoms with Gasteiger partial charge in [0.15, 0.2) is 0 Å². The van der Waals surface area contributed by atoms with Crippen molar-refractivity contribution < 1.29 is 0 Å². The molecule has 1 N–H and O–H groups in total. The smallest absolute Gasteiger partial charge is 0.0531 e. The van der Waals surface area contributed by atoms with Crippen LogP contribution in [0.4, 0.5) is 5.69 Å². The Labute approximate surface area is 115 Å². The van der Waals surface area contributed by atoms with E-state index in [0.717, 1.165) is 12.1 Å². The van der Waals surface area contributed by atoms with Crippen molar-refractivity contribution in [3.63, 3.8) is 0 Å². The van der Waals surface area contributed by atoms with Gasteiger partial charge in [-0.15, -0.1) is 0 Å². The molecule has 0 saturated carbocycles. The topological polar surface area (TPSA) is 24.9 Å². The molecule has 19 heavy (non-hydrogen) atoms. The number of rotatable bonds is 4.